The molecule has 3 aromatic rings. The van der Waals surface area contributed by atoms with E-state index < -0.39 is 27.9 Å². The molecule has 1 fully saturated rings. The maximum atomic E-state index is 13.3. The van der Waals surface area contributed by atoms with Gasteiger partial charge in [-0.1, -0.05) is 17.7 Å². The van der Waals surface area contributed by atoms with Crippen molar-refractivity contribution in [1.82, 2.24) is 13.1 Å². The maximum Gasteiger partial charge on any atom is 0.335 e. The topological polar surface area (TPSA) is 130 Å². The monoisotopic (exact) mass is 466 g/mol. The first-order valence-electron chi connectivity index (χ1n) is 8.86. The zero-order valence-corrected chi connectivity index (χ0v) is 17.7. The van der Waals surface area contributed by atoms with Crippen LogP contribution >= 0.6 is 23.3 Å². The van der Waals surface area contributed by atoms with Crippen molar-refractivity contribution in [3.63, 3.8) is 0 Å². The molecule has 0 aliphatic carbocycles. The van der Waals surface area contributed by atoms with Crippen LogP contribution in [0, 0.1) is 0 Å². The Hall–Kier alpha value is -2.60. The van der Waals surface area contributed by atoms with Crippen LogP contribution in [0.1, 0.15) is 23.2 Å². The predicted molar refractivity (Wildman–Crippen MR) is 111 cm³/mol. The van der Waals surface area contributed by atoms with Crippen molar-refractivity contribution in [3.05, 3.63) is 47.0 Å². The standard InChI is InChI=1S/C18H15ClN4O5S2/c19-11-7-6-10(18(25)26)9-13(11)20-17(24)14-4-2-8-23(14)30(27,28)15-5-1-3-12-16(15)22-29-21-12/h1,3,5-7,9,14H,2,4,8H2,(H,20,24)(H,25,26)/t14-/m0/s1. The lowest BCUT2D eigenvalue weighted by atomic mass is 10.1. The van der Waals surface area contributed by atoms with Gasteiger partial charge in [-0.15, -0.1) is 0 Å². The fourth-order valence-corrected chi connectivity index (χ4v) is 5.95. The summed E-state index contributed by atoms with van der Waals surface area (Å²) in [6, 6.07) is 7.65. The lowest BCUT2D eigenvalue weighted by molar-refractivity contribution is -0.119. The van der Waals surface area contributed by atoms with Crippen LogP contribution in [0.3, 0.4) is 0 Å². The minimum Gasteiger partial charge on any atom is -0.478 e. The molecule has 0 unspecified atom stereocenters. The lowest BCUT2D eigenvalue weighted by Crippen LogP contribution is -2.43. The molecule has 156 valence electrons. The average molecular weight is 467 g/mol. The van der Waals surface area contributed by atoms with Gasteiger partial charge in [0.2, 0.25) is 15.9 Å². The normalized spacial score (nSPS) is 17.3. The number of aromatic carboxylic acids is 1. The molecule has 1 atom stereocenters. The Labute approximate surface area is 180 Å². The van der Waals surface area contributed by atoms with Gasteiger partial charge in [-0.2, -0.15) is 13.1 Å². The number of carboxylic acid groups (broad SMARTS) is 1. The minimum atomic E-state index is -4.00. The van der Waals surface area contributed by atoms with Crippen LogP contribution in [0.2, 0.25) is 5.02 Å². The van der Waals surface area contributed by atoms with E-state index in [0.717, 1.165) is 16.0 Å². The van der Waals surface area contributed by atoms with E-state index in [1.807, 2.05) is 0 Å². The molecule has 1 aliphatic heterocycles. The first-order chi connectivity index (χ1) is 14.3. The van der Waals surface area contributed by atoms with Crippen LogP contribution in [-0.4, -0.2) is 51.0 Å². The van der Waals surface area contributed by atoms with Crippen molar-refractivity contribution in [2.75, 3.05) is 11.9 Å². The van der Waals surface area contributed by atoms with Gasteiger partial charge in [0.15, 0.2) is 0 Å². The highest BCUT2D eigenvalue weighted by molar-refractivity contribution is 7.89. The van der Waals surface area contributed by atoms with Gasteiger partial charge in [-0.25, -0.2) is 13.2 Å². The summed E-state index contributed by atoms with van der Waals surface area (Å²) in [5.41, 5.74) is 0.800. The van der Waals surface area contributed by atoms with Gasteiger partial charge in [0, 0.05) is 6.54 Å². The van der Waals surface area contributed by atoms with Gasteiger partial charge in [0.25, 0.3) is 0 Å². The number of aromatic nitrogens is 2. The van der Waals surface area contributed by atoms with Crippen LogP contribution in [0.4, 0.5) is 5.69 Å². The number of hydrogen-bond acceptors (Lipinski definition) is 7. The van der Waals surface area contributed by atoms with Crippen LogP contribution in [0.25, 0.3) is 11.0 Å². The summed E-state index contributed by atoms with van der Waals surface area (Å²) >= 11 is 6.99. The summed E-state index contributed by atoms with van der Waals surface area (Å²) in [6.45, 7) is 0.178. The summed E-state index contributed by atoms with van der Waals surface area (Å²) in [7, 11) is -4.00. The van der Waals surface area contributed by atoms with Crippen molar-refractivity contribution in [3.8, 4) is 0 Å². The summed E-state index contributed by atoms with van der Waals surface area (Å²) < 4.78 is 35.9. The number of rotatable bonds is 5. The molecule has 0 saturated carbocycles. The number of carboxylic acids is 1. The third-order valence-electron chi connectivity index (χ3n) is 4.81. The highest BCUT2D eigenvalue weighted by atomic mass is 35.5. The van der Waals surface area contributed by atoms with Gasteiger partial charge >= 0.3 is 5.97 Å². The molecule has 30 heavy (non-hydrogen) atoms. The molecule has 2 N–H and O–H groups in total. The first kappa shape index (κ1) is 20.7. The van der Waals surface area contributed by atoms with Gasteiger partial charge in [0.1, 0.15) is 22.0 Å². The number of fused-ring (bicyclic) bond motifs is 1. The smallest absolute Gasteiger partial charge is 0.335 e. The summed E-state index contributed by atoms with van der Waals surface area (Å²) in [6.07, 6.45) is 0.831. The first-order valence-corrected chi connectivity index (χ1v) is 11.4. The minimum absolute atomic E-state index is 0.000595. The Kier molecular flexibility index (Phi) is 5.45. The molecule has 2 aromatic carbocycles. The third kappa shape index (κ3) is 3.65. The van der Waals surface area contributed by atoms with Crippen LogP contribution in [0.5, 0.6) is 0 Å². The Morgan fingerprint density at radius 2 is 2.03 bits per heavy atom. The molecule has 2 heterocycles. The molecule has 0 bridgehead atoms. The molecule has 1 aromatic heterocycles. The zero-order chi connectivity index (χ0) is 21.5. The summed E-state index contributed by atoms with van der Waals surface area (Å²) in [5.74, 6) is -1.75. The number of carbonyl (C=O) groups excluding carboxylic acids is 1. The molecule has 0 spiro atoms. The number of sulfonamides is 1. The number of nitrogens with one attached hydrogen (secondary N) is 1. The van der Waals surface area contributed by atoms with E-state index in [2.05, 4.69) is 14.1 Å². The number of amides is 1. The predicted octanol–water partition coefficient (Wildman–Crippen LogP) is 2.83. The van der Waals surface area contributed by atoms with E-state index >= 15 is 0 Å². The number of anilines is 1. The molecule has 4 rings (SSSR count). The van der Waals surface area contributed by atoms with Crippen molar-refractivity contribution < 1.29 is 23.1 Å². The van der Waals surface area contributed by atoms with E-state index in [-0.39, 0.29) is 33.2 Å². The van der Waals surface area contributed by atoms with E-state index in [9.17, 15) is 18.0 Å². The highest BCUT2D eigenvalue weighted by Gasteiger charge is 2.40. The molecule has 1 amide bonds. The number of nitrogens with zero attached hydrogens (tertiary/aromatic N) is 3. The third-order valence-corrected chi connectivity index (χ3v) is 7.63. The van der Waals surface area contributed by atoms with Gasteiger partial charge in [0.05, 0.1) is 28.0 Å². The van der Waals surface area contributed by atoms with Gasteiger partial charge in [-0.3, -0.25) is 4.79 Å². The second-order valence-corrected chi connectivity index (χ2v) is 9.45. The summed E-state index contributed by atoms with van der Waals surface area (Å²) in [4.78, 5) is 24.1. The Morgan fingerprint density at radius 1 is 1.23 bits per heavy atom. The van der Waals surface area contributed by atoms with Crippen molar-refractivity contribution in [1.29, 1.82) is 0 Å². The van der Waals surface area contributed by atoms with Crippen molar-refractivity contribution in [2.24, 2.45) is 0 Å². The summed E-state index contributed by atoms with van der Waals surface area (Å²) in [5, 5.41) is 11.9. The molecule has 1 saturated heterocycles. The molecule has 0 radical (unpaired) electrons. The molecular formula is C18H15ClN4O5S2. The average Bonchev–Trinajstić information content (AvgIpc) is 3.38. The second-order valence-electron chi connectivity index (χ2n) is 6.65. The lowest BCUT2D eigenvalue weighted by Gasteiger charge is -2.23. The highest BCUT2D eigenvalue weighted by Crippen LogP contribution is 2.31. The molecule has 1 aliphatic rings. The van der Waals surface area contributed by atoms with Crippen LogP contribution in [0.15, 0.2) is 41.3 Å². The number of carbonyl (C=O) groups is 2. The second kappa shape index (κ2) is 7.91. The SMILES string of the molecule is O=C(O)c1ccc(Cl)c(NC(=O)[C@@H]2CCCN2S(=O)(=O)c2cccc3nsnc23)c1. The number of halogens is 1. The number of benzene rings is 2. The fraction of sp³-hybridized carbons (Fsp3) is 0.222. The molecule has 12 heteroatoms. The fourth-order valence-electron chi connectivity index (χ4n) is 3.38. The van der Waals surface area contributed by atoms with Gasteiger partial charge < -0.3 is 10.4 Å². The van der Waals surface area contributed by atoms with E-state index in [4.69, 9.17) is 16.7 Å². The van der Waals surface area contributed by atoms with E-state index in [1.165, 1.54) is 24.3 Å². The Morgan fingerprint density at radius 3 is 2.80 bits per heavy atom. The Balaban J connectivity index is 1.64. The van der Waals surface area contributed by atoms with Crippen molar-refractivity contribution in [2.45, 2.75) is 23.8 Å². The van der Waals surface area contributed by atoms with E-state index in [0.29, 0.717) is 18.4 Å². The Bertz CT molecular complexity index is 1260. The maximum absolute atomic E-state index is 13.3. The molecular weight excluding hydrogens is 452 g/mol. The molecule has 9 nitrogen and oxygen atoms in total. The van der Waals surface area contributed by atoms with Crippen LogP contribution < -0.4 is 5.32 Å². The van der Waals surface area contributed by atoms with Gasteiger partial charge in [-0.05, 0) is 43.2 Å². The largest absolute Gasteiger partial charge is 0.478 e. The zero-order valence-electron chi connectivity index (χ0n) is 15.3. The van der Waals surface area contributed by atoms with E-state index in [1.54, 1.807) is 12.1 Å². The van der Waals surface area contributed by atoms with Crippen LogP contribution in [-0.2, 0) is 14.8 Å². The quantitative estimate of drug-likeness (QED) is 0.591. The number of hydrogen-bond donors (Lipinski definition) is 2. The van der Waals surface area contributed by atoms with Crippen molar-refractivity contribution >= 4 is 61.9 Å².